The first-order valence-electron chi connectivity index (χ1n) is 17.9. The normalized spacial score (nSPS) is 20.0. The molecule has 0 radical (unpaired) electrons. The number of nitrogens with one attached hydrogen (secondary N) is 2. The Balaban J connectivity index is 0.00000514. The number of carbonyl (C=O) groups is 2. The van der Waals surface area contributed by atoms with Crippen molar-refractivity contribution in [3.63, 3.8) is 0 Å². The number of hydrogen-bond donors (Lipinski definition) is 1. The second-order valence-electron chi connectivity index (χ2n) is 13.8. The second-order valence-corrected chi connectivity index (χ2v) is 15.8. The molecule has 1 unspecified atom stereocenters. The number of carbonyl (C=O) groups excluding carboxylic acids is 2. The Labute approximate surface area is 330 Å². The lowest BCUT2D eigenvalue weighted by Gasteiger charge is -2.44. The fourth-order valence-corrected chi connectivity index (χ4v) is 8.24. The summed E-state index contributed by atoms with van der Waals surface area (Å²) in [6.07, 6.45) is 5.91. The van der Waals surface area contributed by atoms with Gasteiger partial charge in [-0.15, -0.1) is 11.3 Å². The summed E-state index contributed by atoms with van der Waals surface area (Å²) in [5, 5.41) is 3.85. The number of benzene rings is 2. The van der Waals surface area contributed by atoms with E-state index in [4.69, 9.17) is 42.1 Å². The number of hydrogen-bond acceptors (Lipinski definition) is 10. The Bertz CT molecular complexity index is 1940. The van der Waals surface area contributed by atoms with Crippen LogP contribution in [0, 0.1) is 17.7 Å². The number of piperidine rings is 3. The maximum Gasteiger partial charge on any atom is 0.387 e. The van der Waals surface area contributed by atoms with Gasteiger partial charge < -0.3 is 24.4 Å². The van der Waals surface area contributed by atoms with Crippen LogP contribution in [0.25, 0.3) is 0 Å². The number of aromatic amines is 1. The van der Waals surface area contributed by atoms with E-state index in [1.807, 2.05) is 0 Å². The molecular formula is C39H40Cl2F3N3O7S. The lowest BCUT2D eigenvalue weighted by Crippen LogP contribution is -2.52. The number of nitrogens with zero attached hydrogens (tertiary/aromatic N) is 1. The van der Waals surface area contributed by atoms with Crippen molar-refractivity contribution in [3.05, 3.63) is 109 Å². The molecule has 0 amide bonds. The molecule has 3 saturated heterocycles. The number of esters is 2. The van der Waals surface area contributed by atoms with Crippen LogP contribution in [-0.4, -0.2) is 61.3 Å². The average Bonchev–Trinajstić information content (AvgIpc) is 3.87. The predicted octanol–water partition coefficient (Wildman–Crippen LogP) is 7.83. The number of fused-ring (bicyclic) bond motifs is 3. The van der Waals surface area contributed by atoms with Crippen LogP contribution < -0.4 is 19.8 Å². The fraction of sp³-hybridized carbons (Fsp3) is 0.410. The van der Waals surface area contributed by atoms with Gasteiger partial charge in [0.05, 0.1) is 6.61 Å². The van der Waals surface area contributed by atoms with Gasteiger partial charge in [0.25, 0.3) is 0 Å². The van der Waals surface area contributed by atoms with Gasteiger partial charge in [-0.25, -0.2) is 19.0 Å². The molecule has 1 saturated carbocycles. The minimum absolute atomic E-state index is 0. The molecule has 8 rings (SSSR count). The van der Waals surface area contributed by atoms with E-state index < -0.39 is 36.5 Å². The van der Waals surface area contributed by atoms with Crippen molar-refractivity contribution in [2.45, 2.75) is 63.5 Å². The van der Waals surface area contributed by atoms with E-state index in [9.17, 15) is 22.8 Å². The second kappa shape index (κ2) is 18.4. The van der Waals surface area contributed by atoms with E-state index in [1.165, 1.54) is 30.3 Å². The molecule has 2 aromatic heterocycles. The highest BCUT2D eigenvalue weighted by molar-refractivity contribution is 7.13. The molecule has 2 aromatic carbocycles. The first-order valence-corrected chi connectivity index (χ1v) is 19.4. The van der Waals surface area contributed by atoms with Crippen molar-refractivity contribution >= 4 is 46.5 Å². The van der Waals surface area contributed by atoms with Gasteiger partial charge in [0.15, 0.2) is 23.9 Å². The van der Waals surface area contributed by atoms with Crippen LogP contribution in [0.4, 0.5) is 13.2 Å². The summed E-state index contributed by atoms with van der Waals surface area (Å²) in [5.41, 5.74) is 1.39. The van der Waals surface area contributed by atoms with E-state index in [2.05, 4.69) is 15.2 Å². The van der Waals surface area contributed by atoms with Gasteiger partial charge in [0.1, 0.15) is 39.0 Å². The van der Waals surface area contributed by atoms with Gasteiger partial charge in [-0.2, -0.15) is 8.78 Å². The highest BCUT2D eigenvalue weighted by Gasteiger charge is 2.38. The van der Waals surface area contributed by atoms with Crippen molar-refractivity contribution in [2.24, 2.45) is 11.8 Å². The molecule has 2 bridgehead atoms. The minimum Gasteiger partial charge on any atom is -0.870 e. The first-order chi connectivity index (χ1) is 26.1. The van der Waals surface area contributed by atoms with Crippen LogP contribution in [0.3, 0.4) is 0 Å². The van der Waals surface area contributed by atoms with Crippen molar-refractivity contribution in [1.29, 1.82) is 0 Å². The quantitative estimate of drug-likeness (QED) is 0.112. The zero-order valence-electron chi connectivity index (χ0n) is 29.5. The Morgan fingerprint density at radius 2 is 1.73 bits per heavy atom. The minimum atomic E-state index is -3.06. The molecule has 294 valence electrons. The molecule has 55 heavy (non-hydrogen) atoms. The Kier molecular flexibility index (Phi) is 13.6. The third-order valence-corrected chi connectivity index (χ3v) is 11.7. The van der Waals surface area contributed by atoms with Gasteiger partial charge in [-0.05, 0) is 98.1 Å². The lowest BCUT2D eigenvalue weighted by molar-refractivity contribution is -0.377. The van der Waals surface area contributed by atoms with Gasteiger partial charge in [-0.1, -0.05) is 41.4 Å². The largest absolute Gasteiger partial charge is 0.870 e. The zero-order valence-corrected chi connectivity index (χ0v) is 31.9. The molecule has 3 aliphatic heterocycles. The number of rotatable bonds is 16. The van der Waals surface area contributed by atoms with Crippen LogP contribution in [0.2, 0.25) is 10.0 Å². The molecule has 4 aliphatic rings. The smallest absolute Gasteiger partial charge is 0.387 e. The monoisotopic (exact) mass is 821 g/mol. The molecule has 5 heterocycles. The van der Waals surface area contributed by atoms with E-state index in [0.29, 0.717) is 56.6 Å². The molecular weight excluding hydrogens is 782 g/mol. The summed E-state index contributed by atoms with van der Waals surface area (Å²) in [6, 6.07) is 12.7. The van der Waals surface area contributed by atoms with Crippen LogP contribution in [-0.2, 0) is 27.2 Å². The van der Waals surface area contributed by atoms with Gasteiger partial charge in [-0.3, -0.25) is 10.2 Å². The molecule has 10 nitrogen and oxygen atoms in total. The molecule has 0 spiro atoms. The van der Waals surface area contributed by atoms with E-state index in [-0.39, 0.29) is 40.9 Å². The summed E-state index contributed by atoms with van der Waals surface area (Å²) < 4.78 is 63.5. The molecule has 3 atom stereocenters. The topological polar surface area (TPSA) is 130 Å². The maximum absolute atomic E-state index is 14.3. The van der Waals surface area contributed by atoms with E-state index >= 15 is 0 Å². The summed E-state index contributed by atoms with van der Waals surface area (Å²) in [4.78, 5) is 33.5. The third-order valence-electron chi connectivity index (χ3n) is 9.99. The Morgan fingerprint density at radius 3 is 2.40 bits per heavy atom. The molecule has 16 heteroatoms. The molecule has 1 aliphatic carbocycles. The van der Waals surface area contributed by atoms with Gasteiger partial charge in [0.2, 0.25) is 0 Å². The number of alkyl halides is 2. The van der Waals surface area contributed by atoms with Crippen molar-refractivity contribution in [3.8, 4) is 11.5 Å². The molecule has 4 aromatic rings. The summed E-state index contributed by atoms with van der Waals surface area (Å²) in [6.45, 7) is 0.138. The maximum atomic E-state index is 14.3. The van der Waals surface area contributed by atoms with Crippen molar-refractivity contribution < 1.29 is 52.2 Å². The third kappa shape index (κ3) is 10.5. The number of aromatic nitrogens is 1. The van der Waals surface area contributed by atoms with Crippen LogP contribution in [0.1, 0.15) is 69.1 Å². The SMILES string of the molecule is O=C(O[C@@H](Cc1c(Cl)c[nH+]cc1Cl)c1ccc(OC(F)F)c(OCC2CC2)c1)c1ccc(CNC(C(=O)O[C@H]2CN3CCC2CC3)c2cccc(F)c2)s1.[OH-]. The summed E-state index contributed by atoms with van der Waals surface area (Å²) >= 11 is 14.1. The number of halogens is 5. The number of pyridine rings is 1. The highest BCUT2D eigenvalue weighted by Crippen LogP contribution is 2.38. The Hall–Kier alpha value is -3.92. The average molecular weight is 823 g/mol. The molecule has 3 N–H and O–H groups in total. The fourth-order valence-electron chi connectivity index (χ4n) is 6.87. The van der Waals surface area contributed by atoms with Gasteiger partial charge in [0, 0.05) is 30.0 Å². The van der Waals surface area contributed by atoms with Crippen molar-refractivity contribution in [2.75, 3.05) is 26.2 Å². The van der Waals surface area contributed by atoms with Crippen LogP contribution in [0.15, 0.2) is 67.0 Å². The first kappa shape index (κ1) is 40.7. The van der Waals surface area contributed by atoms with Crippen LogP contribution in [0.5, 0.6) is 11.5 Å². The van der Waals surface area contributed by atoms with Gasteiger partial charge >= 0.3 is 18.6 Å². The number of ether oxygens (including phenoxy) is 4. The van der Waals surface area contributed by atoms with Crippen LogP contribution >= 0.6 is 34.5 Å². The summed E-state index contributed by atoms with van der Waals surface area (Å²) in [7, 11) is 0. The van der Waals surface area contributed by atoms with E-state index in [1.54, 1.807) is 36.7 Å². The lowest BCUT2D eigenvalue weighted by atomic mass is 9.86. The number of H-pyrrole nitrogens is 1. The number of thiophene rings is 1. The predicted molar refractivity (Wildman–Crippen MR) is 197 cm³/mol. The van der Waals surface area contributed by atoms with E-state index in [0.717, 1.165) is 50.1 Å². The standard InChI is InChI=1S/C39H38Cl2F3N3O6S.H2O/c40-29-18-45-19-30(41)28(29)16-32(24-6-8-31(53-39(43)44)33(15-24)50-21-22-4-5-22)51-37(48)35-9-7-27(54-35)17-46-36(25-2-1-3-26(42)14-25)38(49)52-34-20-47-12-10-23(34)11-13-47;/h1-3,6-9,14-15,18-19,22-23,32,34,36,39,46H,4-5,10-13,16-17,20-21H2;1H2/t32-,34-,36?;/m0./s1. The highest BCUT2D eigenvalue weighted by atomic mass is 35.5. The summed E-state index contributed by atoms with van der Waals surface area (Å²) in [5.74, 6) is -1.00. The zero-order chi connectivity index (χ0) is 37.8. The van der Waals surface area contributed by atoms with Crippen molar-refractivity contribution in [1.82, 2.24) is 10.2 Å². The molecule has 4 fully saturated rings. The Morgan fingerprint density at radius 1 is 0.964 bits per heavy atom.